The van der Waals surface area contributed by atoms with Gasteiger partial charge in [0.2, 0.25) is 5.91 Å². The molecule has 6 aromatic rings. The number of nitrogens with one attached hydrogen (secondary N) is 1. The SMILES string of the molecule is C=C(C)C(=O)CCCOCCOCCN(Cc1ccccc1B(O)O)Cc1c2ccccc2c(CN(CCOCCOCCNC(=O)C(=C)C)Cc2ccccc2B(O)O)c2cc(C3=C4C=CC(=[N+](C)C)C=C4[Si](C)(C)c4cc(N(C)C)ccc43)ccc12. The van der Waals surface area contributed by atoms with Crippen molar-refractivity contribution in [2.45, 2.75) is 66.0 Å². The van der Waals surface area contributed by atoms with Gasteiger partial charge in [0.25, 0.3) is 0 Å². The Hall–Kier alpha value is -6.90. The predicted molar refractivity (Wildman–Crippen MR) is 361 cm³/mol. The van der Waals surface area contributed by atoms with Crippen molar-refractivity contribution in [3.8, 4) is 0 Å². The fraction of sp³-hybridized carbons (Fsp3) is 0.357. The minimum Gasteiger partial charge on any atom is -0.423 e. The van der Waals surface area contributed by atoms with Gasteiger partial charge in [-0.2, -0.15) is 0 Å². The Bertz CT molecular complexity index is 3630. The zero-order chi connectivity index (χ0) is 63.1. The summed E-state index contributed by atoms with van der Waals surface area (Å²) < 4.78 is 26.4. The van der Waals surface area contributed by atoms with Crippen LogP contribution in [0.3, 0.4) is 0 Å². The van der Waals surface area contributed by atoms with Gasteiger partial charge in [-0.15, -0.1) is 0 Å². The van der Waals surface area contributed by atoms with E-state index >= 15 is 0 Å². The summed E-state index contributed by atoms with van der Waals surface area (Å²) in [6.07, 6.45) is 7.95. The molecule has 0 fully saturated rings. The molecule has 1 amide bonds. The molecule has 15 nitrogen and oxygen atoms in total. The number of ether oxygens (including phenoxy) is 4. The highest BCUT2D eigenvalue weighted by atomic mass is 28.3. The van der Waals surface area contributed by atoms with Crippen LogP contribution in [0.1, 0.15) is 60.1 Å². The summed E-state index contributed by atoms with van der Waals surface area (Å²) in [6, 6.07) is 37.3. The Morgan fingerprint density at radius 3 is 1.69 bits per heavy atom. The minimum atomic E-state index is -2.29. The van der Waals surface area contributed by atoms with Crippen LogP contribution in [0.15, 0.2) is 162 Å². The van der Waals surface area contributed by atoms with Crippen molar-refractivity contribution in [3.63, 3.8) is 0 Å². The first-order valence-corrected chi connectivity index (χ1v) is 33.5. The van der Waals surface area contributed by atoms with Crippen molar-refractivity contribution in [1.29, 1.82) is 0 Å². The fourth-order valence-electron chi connectivity index (χ4n) is 11.7. The van der Waals surface area contributed by atoms with E-state index in [4.69, 9.17) is 18.9 Å². The first-order valence-electron chi connectivity index (χ1n) is 30.5. The molecular weight excluding hydrogens is 1120 g/mol. The van der Waals surface area contributed by atoms with Crippen LogP contribution in [0.25, 0.3) is 27.1 Å². The van der Waals surface area contributed by atoms with Crippen molar-refractivity contribution >= 4 is 88.6 Å². The Morgan fingerprint density at radius 2 is 1.15 bits per heavy atom. The third kappa shape index (κ3) is 16.9. The van der Waals surface area contributed by atoms with Crippen LogP contribution in [0.5, 0.6) is 0 Å². The Morgan fingerprint density at radius 1 is 0.614 bits per heavy atom. The third-order valence-corrected chi connectivity index (χ3v) is 20.1. The largest absolute Gasteiger partial charge is 0.488 e. The number of hydrogen-bond donors (Lipinski definition) is 5. The first kappa shape index (κ1) is 67.0. The number of anilines is 1. The maximum absolute atomic E-state index is 12.1. The summed E-state index contributed by atoms with van der Waals surface area (Å²) >= 11 is 0. The molecule has 0 aromatic heterocycles. The van der Waals surface area contributed by atoms with E-state index in [2.05, 4.69) is 158 Å². The lowest BCUT2D eigenvalue weighted by Crippen LogP contribution is -2.49. The number of rotatable bonds is 33. The summed E-state index contributed by atoms with van der Waals surface area (Å²) in [5.41, 5.74) is 12.6. The van der Waals surface area contributed by atoms with E-state index in [0.717, 1.165) is 60.8 Å². The van der Waals surface area contributed by atoms with Crippen molar-refractivity contribution in [3.05, 3.63) is 196 Å². The highest BCUT2D eigenvalue weighted by Gasteiger charge is 2.41. The van der Waals surface area contributed by atoms with Gasteiger partial charge in [-0.1, -0.05) is 117 Å². The molecule has 0 unspecified atom stereocenters. The summed E-state index contributed by atoms with van der Waals surface area (Å²) in [7, 11) is 2.76. The van der Waals surface area contributed by atoms with E-state index in [-0.39, 0.29) is 11.7 Å². The van der Waals surface area contributed by atoms with Crippen LogP contribution in [0.4, 0.5) is 5.69 Å². The van der Waals surface area contributed by atoms with Crippen LogP contribution < -0.4 is 26.3 Å². The smallest absolute Gasteiger partial charge is 0.423 e. The topological polar surface area (TPSA) is 177 Å². The molecule has 2 aliphatic rings. The van der Waals surface area contributed by atoms with Gasteiger partial charge in [-0.3, -0.25) is 19.4 Å². The molecule has 8 rings (SSSR count). The second-order valence-corrected chi connectivity index (χ2v) is 28.2. The number of carbonyl (C=O) groups is 2. The summed E-state index contributed by atoms with van der Waals surface area (Å²) in [5, 5.41) is 52.5. The average molecular weight is 1210 g/mol. The molecule has 0 saturated carbocycles. The van der Waals surface area contributed by atoms with E-state index in [1.165, 1.54) is 27.1 Å². The summed E-state index contributed by atoms with van der Waals surface area (Å²) in [4.78, 5) is 30.9. The number of nitrogens with zero attached hydrogens (tertiary/aromatic N) is 4. The van der Waals surface area contributed by atoms with Gasteiger partial charge in [0.05, 0.1) is 46.2 Å². The molecule has 0 radical (unpaired) electrons. The number of hydrogen-bond acceptors (Lipinski definition) is 13. The van der Waals surface area contributed by atoms with E-state index in [9.17, 15) is 29.7 Å². The highest BCUT2D eigenvalue weighted by Crippen LogP contribution is 2.44. The molecule has 0 saturated heterocycles. The molecule has 1 aliphatic heterocycles. The van der Waals surface area contributed by atoms with Gasteiger partial charge >= 0.3 is 14.2 Å². The lowest BCUT2D eigenvalue weighted by atomic mass is 9.77. The molecular formula is C70H88B2N5O10Si+. The minimum absolute atomic E-state index is 0.0399. The van der Waals surface area contributed by atoms with E-state index in [1.807, 2.05) is 36.4 Å². The molecule has 1 aliphatic carbocycles. The molecule has 6 aromatic carbocycles. The normalized spacial score (nSPS) is 13.5. The number of amides is 1. The molecule has 0 spiro atoms. The number of fused-ring (bicyclic) bond motifs is 4. The second-order valence-electron chi connectivity index (χ2n) is 23.9. The number of ketones is 1. The van der Waals surface area contributed by atoms with Crippen molar-refractivity contribution in [2.75, 3.05) is 106 Å². The van der Waals surface area contributed by atoms with Gasteiger partial charge < -0.3 is 49.3 Å². The van der Waals surface area contributed by atoms with Crippen LogP contribution in [0.2, 0.25) is 13.1 Å². The predicted octanol–water partition coefficient (Wildman–Crippen LogP) is 6.59. The van der Waals surface area contributed by atoms with Crippen LogP contribution >= 0.6 is 0 Å². The standard InChI is InChI=1S/C70H87B2N5O10Si/c1-49(2)66(78)24-17-34-84-38-40-86-36-32-76(45-52-18-11-15-22-64(52)71(80)81)47-62-56-20-13-14-21-57(56)63(48-77(46-53-19-12-16-23-65(53)72(82)83)33-37-87-41-39-85-35-31-73-70(79)50(3)4)61-42-51(25-28-58(61)62)69-59-29-26-54(74(5)6)43-67(59)88(9,10)68-44-55(75(7)8)27-30-60(68)69/h11-16,18-23,25-30,42-44,80-83H,1,3,17,24,31-41,45-48H2,2,4-10H3/p+1. The Labute approximate surface area is 521 Å². The maximum Gasteiger partial charge on any atom is 0.488 e. The van der Waals surface area contributed by atoms with E-state index in [0.29, 0.717) is 134 Å². The third-order valence-electron chi connectivity index (χ3n) is 16.6. The number of allylic oxidation sites excluding steroid dienone is 6. The van der Waals surface area contributed by atoms with Crippen molar-refractivity contribution in [1.82, 2.24) is 15.1 Å². The summed E-state index contributed by atoms with van der Waals surface area (Å²) in [5.74, 6) is -0.169. The van der Waals surface area contributed by atoms with Gasteiger partial charge in [0.15, 0.2) is 11.5 Å². The fourth-order valence-corrected chi connectivity index (χ4v) is 14.8. The molecule has 1 heterocycles. The number of Topliss-reactive ketones (excluding diaryl/α,β-unsaturated/α-hetero) is 1. The zero-order valence-corrected chi connectivity index (χ0v) is 53.7. The molecule has 88 heavy (non-hydrogen) atoms. The molecule has 5 N–H and O–H groups in total. The Kier molecular flexibility index (Phi) is 24.0. The van der Waals surface area contributed by atoms with Crippen molar-refractivity contribution < 1.29 is 53.2 Å². The van der Waals surface area contributed by atoms with Gasteiger partial charge in [0, 0.05) is 96.3 Å². The van der Waals surface area contributed by atoms with Gasteiger partial charge in [-0.05, 0) is 137 Å². The maximum atomic E-state index is 12.1. The number of carbonyl (C=O) groups excluding carboxylic acids is 2. The molecule has 0 atom stereocenters. The highest BCUT2D eigenvalue weighted by molar-refractivity contribution is 6.98. The molecule has 462 valence electrons. The first-order chi connectivity index (χ1) is 42.2. The van der Waals surface area contributed by atoms with Gasteiger partial charge in [0.1, 0.15) is 22.2 Å². The average Bonchev–Trinajstić information content (AvgIpc) is 0.815. The van der Waals surface area contributed by atoms with E-state index < -0.39 is 22.3 Å². The second kappa shape index (κ2) is 31.5. The molecule has 0 bridgehead atoms. The monoisotopic (exact) mass is 1210 g/mol. The molecule has 18 heteroatoms. The van der Waals surface area contributed by atoms with Gasteiger partial charge in [-0.25, -0.2) is 4.58 Å². The van der Waals surface area contributed by atoms with Crippen LogP contribution in [-0.4, -0.2) is 175 Å². The summed E-state index contributed by atoms with van der Waals surface area (Å²) in [6.45, 7) is 21.8. The lowest BCUT2D eigenvalue weighted by Gasteiger charge is -2.38. The van der Waals surface area contributed by atoms with E-state index in [1.54, 1.807) is 26.0 Å². The van der Waals surface area contributed by atoms with Crippen molar-refractivity contribution in [2.24, 2.45) is 0 Å². The Balaban J connectivity index is 1.25. The quantitative estimate of drug-likeness (QED) is 0.00983. The zero-order valence-electron chi connectivity index (χ0n) is 52.7. The van der Waals surface area contributed by atoms with Crippen LogP contribution in [-0.2, 0) is 54.7 Å². The van der Waals surface area contributed by atoms with Crippen LogP contribution in [0, 0.1) is 0 Å². The lowest BCUT2D eigenvalue weighted by molar-refractivity contribution is -0.462. The number of benzene rings is 6.